The summed E-state index contributed by atoms with van der Waals surface area (Å²) in [5.74, 6) is -1.54. The van der Waals surface area contributed by atoms with Crippen LogP contribution in [0.25, 0.3) is 12.2 Å². The minimum atomic E-state index is -1.74. The Balaban J connectivity index is 1.37. The third kappa shape index (κ3) is 7.89. The van der Waals surface area contributed by atoms with Crippen molar-refractivity contribution in [1.82, 2.24) is 15.1 Å². The molecule has 4 rings (SSSR count). The van der Waals surface area contributed by atoms with Gasteiger partial charge in [0.25, 0.3) is 11.8 Å². The largest absolute Gasteiger partial charge is 0.379 e. The second-order valence-corrected chi connectivity index (χ2v) is 10.6. The maximum absolute atomic E-state index is 13.4. The van der Waals surface area contributed by atoms with Gasteiger partial charge in [0.15, 0.2) is 17.6 Å². The molecule has 2 amide bonds. The van der Waals surface area contributed by atoms with E-state index in [1.165, 1.54) is 31.5 Å². The first-order chi connectivity index (χ1) is 19.8. The summed E-state index contributed by atoms with van der Waals surface area (Å²) in [4.78, 5) is 43.1. The molecule has 2 atom stereocenters. The Labute approximate surface area is 242 Å². The third-order valence-electron chi connectivity index (χ3n) is 7.84. The van der Waals surface area contributed by atoms with Crippen LogP contribution in [-0.4, -0.2) is 92.8 Å². The number of Topliss-reactive ketones (excluding diaryl/α,β-unsaturated/α-hetero) is 1. The zero-order valence-electron chi connectivity index (χ0n) is 24.3. The summed E-state index contributed by atoms with van der Waals surface area (Å²) >= 11 is 0. The molecule has 9 nitrogen and oxygen atoms in total. The minimum absolute atomic E-state index is 0.329. The van der Waals surface area contributed by atoms with Gasteiger partial charge in [-0.2, -0.15) is 0 Å². The number of carbonyl (C=O) groups excluding carboxylic acids is 3. The summed E-state index contributed by atoms with van der Waals surface area (Å²) in [6.07, 6.45) is 6.14. The van der Waals surface area contributed by atoms with Crippen LogP contribution in [-0.2, 0) is 30.3 Å². The Hall–Kier alpha value is -3.37. The van der Waals surface area contributed by atoms with E-state index in [2.05, 4.69) is 34.5 Å². The van der Waals surface area contributed by atoms with E-state index in [1.54, 1.807) is 12.1 Å². The number of ketones is 1. The van der Waals surface area contributed by atoms with Gasteiger partial charge in [0.05, 0.1) is 13.2 Å². The third-order valence-corrected chi connectivity index (χ3v) is 7.84. The van der Waals surface area contributed by atoms with Crippen molar-refractivity contribution in [2.24, 2.45) is 0 Å². The van der Waals surface area contributed by atoms with Crippen molar-refractivity contribution in [1.29, 1.82) is 0 Å². The van der Waals surface area contributed by atoms with E-state index < -0.39 is 29.4 Å². The number of likely N-dealkylation sites (N-methyl/N-ethyl adjacent to an activating group) is 2. The Morgan fingerprint density at radius 2 is 1.63 bits per heavy atom. The molecule has 9 heteroatoms. The van der Waals surface area contributed by atoms with E-state index in [-0.39, 0.29) is 6.61 Å². The van der Waals surface area contributed by atoms with Gasteiger partial charge in [-0.25, -0.2) is 0 Å². The highest BCUT2D eigenvalue weighted by Crippen LogP contribution is 2.22. The predicted octanol–water partition coefficient (Wildman–Crippen LogP) is 3.38. The molecule has 2 saturated heterocycles. The van der Waals surface area contributed by atoms with Gasteiger partial charge in [-0.05, 0) is 55.0 Å². The summed E-state index contributed by atoms with van der Waals surface area (Å²) in [6, 6.07) is 15.6. The molecule has 2 fully saturated rings. The molecule has 2 aromatic rings. The molecule has 1 unspecified atom stereocenters. The Morgan fingerprint density at radius 3 is 2.22 bits per heavy atom. The maximum Gasteiger partial charge on any atom is 0.254 e. The molecule has 0 aliphatic carbocycles. The van der Waals surface area contributed by atoms with Gasteiger partial charge in [0.1, 0.15) is 6.61 Å². The molecular weight excluding hydrogens is 522 g/mol. The fourth-order valence-corrected chi connectivity index (χ4v) is 4.94. The predicted molar refractivity (Wildman–Crippen MR) is 157 cm³/mol. The quantitative estimate of drug-likeness (QED) is 0.331. The Morgan fingerprint density at radius 1 is 1.00 bits per heavy atom. The van der Waals surface area contributed by atoms with Crippen LogP contribution < -0.4 is 5.32 Å². The van der Waals surface area contributed by atoms with Crippen LogP contribution in [0.15, 0.2) is 48.5 Å². The Bertz CT molecular complexity index is 1200. The van der Waals surface area contributed by atoms with Gasteiger partial charge >= 0.3 is 0 Å². The normalized spacial score (nSPS) is 19.4. The molecule has 0 saturated carbocycles. The summed E-state index contributed by atoms with van der Waals surface area (Å²) < 4.78 is 16.6. The van der Waals surface area contributed by atoms with E-state index in [1.807, 2.05) is 24.3 Å². The van der Waals surface area contributed by atoms with E-state index in [0.717, 1.165) is 56.8 Å². The van der Waals surface area contributed by atoms with Crippen LogP contribution in [0.2, 0.25) is 0 Å². The minimum Gasteiger partial charge on any atom is -0.379 e. The zero-order chi connectivity index (χ0) is 29.2. The molecule has 0 spiro atoms. The number of nitrogens with one attached hydrogen (secondary N) is 1. The fourth-order valence-electron chi connectivity index (χ4n) is 4.94. The fraction of sp³-hybridized carbons (Fsp3) is 0.469. The molecule has 0 bridgehead atoms. The van der Waals surface area contributed by atoms with Crippen LogP contribution in [0, 0.1) is 0 Å². The van der Waals surface area contributed by atoms with Crippen molar-refractivity contribution in [3.05, 3.63) is 70.8 Å². The number of benzene rings is 2. The zero-order valence-corrected chi connectivity index (χ0v) is 24.3. The molecule has 1 N–H and O–H groups in total. The molecule has 2 aromatic carbocycles. The number of morpholine rings is 1. The molecule has 2 heterocycles. The first-order valence-electron chi connectivity index (χ1n) is 14.3. The first-order valence-corrected chi connectivity index (χ1v) is 14.3. The van der Waals surface area contributed by atoms with Crippen molar-refractivity contribution in [2.75, 3.05) is 53.6 Å². The monoisotopic (exact) mass is 563 g/mol. The highest BCUT2D eigenvalue weighted by atomic mass is 16.7. The SMILES string of the molecule is CNC(=O)[C@@](C)(C(=O)COC1CCCCO1)N(C)C(=O)c1ccc(/C=C/c2ccc(CN3CCOCC3)cc2)cc1. The van der Waals surface area contributed by atoms with Crippen LogP contribution in [0.4, 0.5) is 0 Å². The van der Waals surface area contributed by atoms with E-state index in [9.17, 15) is 14.4 Å². The molecule has 2 aliphatic heterocycles. The molecular formula is C32H41N3O6. The first kappa shape index (κ1) is 30.6. The summed E-state index contributed by atoms with van der Waals surface area (Å²) in [5, 5.41) is 2.52. The Kier molecular flexibility index (Phi) is 10.8. The standard InChI is InChI=1S/C32H41N3O6/c1-32(31(38)33-2,28(36)23-41-29-6-4-5-19-40-29)34(3)30(37)27-15-13-25(14-16-27)8-7-24-9-11-26(12-10-24)22-35-17-20-39-21-18-35/h7-16,29H,4-6,17-23H2,1-3H3,(H,33,38)/b8-7+/t29?,32-/m1/s1. The molecule has 220 valence electrons. The number of hydrogen-bond donors (Lipinski definition) is 1. The highest BCUT2D eigenvalue weighted by molar-refractivity contribution is 6.14. The second kappa shape index (κ2) is 14.5. The lowest BCUT2D eigenvalue weighted by atomic mass is 9.92. The number of nitrogens with zero attached hydrogens (tertiary/aromatic N) is 2. The summed E-state index contributed by atoms with van der Waals surface area (Å²) in [5.41, 5.74) is 1.90. The molecule has 41 heavy (non-hydrogen) atoms. The van der Waals surface area contributed by atoms with E-state index >= 15 is 0 Å². The molecule has 2 aliphatic rings. The summed E-state index contributed by atoms with van der Waals surface area (Å²) in [6.45, 7) is 6.12. The van der Waals surface area contributed by atoms with E-state index in [4.69, 9.17) is 14.2 Å². The maximum atomic E-state index is 13.4. The lowest BCUT2D eigenvalue weighted by molar-refractivity contribution is -0.174. The number of hydrogen-bond acceptors (Lipinski definition) is 7. The van der Waals surface area contributed by atoms with Gasteiger partial charge in [-0.3, -0.25) is 19.3 Å². The van der Waals surface area contributed by atoms with Gasteiger partial charge in [-0.15, -0.1) is 0 Å². The topological polar surface area (TPSA) is 97.4 Å². The number of carbonyl (C=O) groups is 3. The van der Waals surface area contributed by atoms with E-state index in [0.29, 0.717) is 18.6 Å². The van der Waals surface area contributed by atoms with Gasteiger partial charge in [0, 0.05) is 45.9 Å². The number of rotatable bonds is 11. The average Bonchev–Trinajstić information content (AvgIpc) is 3.03. The van der Waals surface area contributed by atoms with Crippen molar-refractivity contribution in [3.63, 3.8) is 0 Å². The van der Waals surface area contributed by atoms with Crippen LogP contribution >= 0.6 is 0 Å². The smallest absolute Gasteiger partial charge is 0.254 e. The lowest BCUT2D eigenvalue weighted by Gasteiger charge is -2.36. The van der Waals surface area contributed by atoms with Gasteiger partial charge < -0.3 is 24.4 Å². The molecule has 0 aromatic heterocycles. The van der Waals surface area contributed by atoms with Crippen molar-refractivity contribution < 1.29 is 28.6 Å². The van der Waals surface area contributed by atoms with Gasteiger partial charge in [-0.1, -0.05) is 48.6 Å². The van der Waals surface area contributed by atoms with Crippen LogP contribution in [0.5, 0.6) is 0 Å². The number of amides is 2. The highest BCUT2D eigenvalue weighted by Gasteiger charge is 2.46. The van der Waals surface area contributed by atoms with Crippen LogP contribution in [0.3, 0.4) is 0 Å². The molecule has 0 radical (unpaired) electrons. The van der Waals surface area contributed by atoms with Crippen LogP contribution in [0.1, 0.15) is 53.2 Å². The van der Waals surface area contributed by atoms with Crippen molar-refractivity contribution in [2.45, 2.75) is 44.6 Å². The summed E-state index contributed by atoms with van der Waals surface area (Å²) in [7, 11) is 2.90. The lowest BCUT2D eigenvalue weighted by Crippen LogP contribution is -2.62. The van der Waals surface area contributed by atoms with Gasteiger partial charge in [0.2, 0.25) is 0 Å². The van der Waals surface area contributed by atoms with Crippen molar-refractivity contribution >= 4 is 29.7 Å². The number of ether oxygens (including phenoxy) is 3. The second-order valence-electron chi connectivity index (χ2n) is 10.6. The van der Waals surface area contributed by atoms with Crippen molar-refractivity contribution in [3.8, 4) is 0 Å². The average molecular weight is 564 g/mol.